The van der Waals surface area contributed by atoms with Gasteiger partial charge in [-0.3, -0.25) is 14.4 Å². The Morgan fingerprint density at radius 1 is 1.19 bits per heavy atom. The number of carbonyl (C=O) groups is 1. The normalized spacial score (nSPS) is 13.9. The number of carbonyl (C=O) groups excluding carboxylic acids is 1. The third kappa shape index (κ3) is 4.25. The molecule has 1 aromatic heterocycles. The van der Waals surface area contributed by atoms with E-state index in [1.807, 2.05) is 12.1 Å². The number of aryl methyl sites for hydroxylation is 1. The Kier molecular flexibility index (Phi) is 5.91. The SMILES string of the molecule is O=C(Nc1nnc(C(F)F)s1)c1cc(S(=O)(=O)N2CCCc3ccccc32)ccc1Cl. The quantitative estimate of drug-likeness (QED) is 0.574. The average Bonchev–Trinajstić information content (AvgIpc) is 3.22. The average molecular weight is 485 g/mol. The molecule has 0 radical (unpaired) electrons. The van der Waals surface area contributed by atoms with Crippen LogP contribution in [0.5, 0.6) is 0 Å². The lowest BCUT2D eigenvalue weighted by Gasteiger charge is -2.30. The first-order valence-electron chi connectivity index (χ1n) is 9.10. The van der Waals surface area contributed by atoms with E-state index in [4.69, 9.17) is 11.6 Å². The molecule has 0 bridgehead atoms. The standard InChI is InChI=1S/C19H15ClF2N4O3S2/c20-14-8-7-12(10-13(14)17(27)23-19-25-24-18(30-19)16(21)22)31(28,29)26-9-3-5-11-4-1-2-6-15(11)26/h1-2,4,6-8,10,16H,3,5,9H2,(H,23,25,27). The Bertz CT molecular complexity index is 1250. The topological polar surface area (TPSA) is 92.3 Å². The van der Waals surface area contributed by atoms with Crippen molar-refractivity contribution >= 4 is 49.7 Å². The maximum Gasteiger partial charge on any atom is 0.291 e. The number of benzene rings is 2. The number of alkyl halides is 2. The number of hydrogen-bond acceptors (Lipinski definition) is 6. The van der Waals surface area contributed by atoms with Crippen molar-refractivity contribution < 1.29 is 22.0 Å². The summed E-state index contributed by atoms with van der Waals surface area (Å²) in [6.45, 7) is 0.310. The van der Waals surface area contributed by atoms with Crippen LogP contribution in [-0.2, 0) is 16.4 Å². The molecule has 3 aromatic rings. The molecule has 2 heterocycles. The van der Waals surface area contributed by atoms with Crippen molar-refractivity contribution in [3.63, 3.8) is 0 Å². The van der Waals surface area contributed by atoms with Gasteiger partial charge in [-0.1, -0.05) is 41.1 Å². The number of hydrogen-bond donors (Lipinski definition) is 1. The lowest BCUT2D eigenvalue weighted by molar-refractivity contribution is 0.102. The van der Waals surface area contributed by atoms with Crippen LogP contribution >= 0.6 is 22.9 Å². The minimum atomic E-state index is -3.96. The van der Waals surface area contributed by atoms with Crippen molar-refractivity contribution in [2.45, 2.75) is 24.2 Å². The molecular weight excluding hydrogens is 470 g/mol. The Balaban J connectivity index is 1.65. The summed E-state index contributed by atoms with van der Waals surface area (Å²) >= 11 is 6.63. The zero-order valence-corrected chi connectivity index (χ0v) is 18.1. The maximum atomic E-state index is 13.3. The first kappa shape index (κ1) is 21.6. The van der Waals surface area contributed by atoms with Crippen LogP contribution in [-0.4, -0.2) is 31.1 Å². The highest BCUT2D eigenvalue weighted by Crippen LogP contribution is 2.33. The summed E-state index contributed by atoms with van der Waals surface area (Å²) in [6.07, 6.45) is -1.37. The van der Waals surface area contributed by atoms with Crippen LogP contribution in [0, 0.1) is 0 Å². The van der Waals surface area contributed by atoms with Gasteiger partial charge in [0.05, 0.1) is 21.2 Å². The second-order valence-corrected chi connectivity index (χ2v) is 9.93. The van der Waals surface area contributed by atoms with Gasteiger partial charge in [0.25, 0.3) is 22.4 Å². The minimum Gasteiger partial charge on any atom is -0.296 e. The van der Waals surface area contributed by atoms with Crippen molar-refractivity contribution in [3.8, 4) is 0 Å². The number of sulfonamides is 1. The Labute approximate surface area is 185 Å². The van der Waals surface area contributed by atoms with Gasteiger partial charge < -0.3 is 0 Å². The number of halogens is 3. The van der Waals surface area contributed by atoms with Gasteiger partial charge in [0.15, 0.2) is 5.01 Å². The Morgan fingerprint density at radius 2 is 1.97 bits per heavy atom. The lowest BCUT2D eigenvalue weighted by Crippen LogP contribution is -2.35. The van der Waals surface area contributed by atoms with Crippen LogP contribution in [0.4, 0.5) is 19.6 Å². The van der Waals surface area contributed by atoms with Crippen LogP contribution in [0.15, 0.2) is 47.4 Å². The van der Waals surface area contributed by atoms with Crippen molar-refractivity contribution in [1.29, 1.82) is 0 Å². The molecule has 0 fully saturated rings. The van der Waals surface area contributed by atoms with Crippen molar-refractivity contribution in [1.82, 2.24) is 10.2 Å². The lowest BCUT2D eigenvalue weighted by atomic mass is 10.0. The maximum absolute atomic E-state index is 13.3. The highest BCUT2D eigenvalue weighted by atomic mass is 35.5. The van der Waals surface area contributed by atoms with E-state index in [0.717, 1.165) is 12.0 Å². The molecule has 0 saturated heterocycles. The van der Waals surface area contributed by atoms with E-state index in [1.54, 1.807) is 12.1 Å². The largest absolute Gasteiger partial charge is 0.296 e. The molecule has 1 N–H and O–H groups in total. The molecular formula is C19H15ClF2N4O3S2. The molecule has 7 nitrogen and oxygen atoms in total. The number of anilines is 2. The first-order chi connectivity index (χ1) is 14.8. The molecule has 1 aliphatic rings. The Morgan fingerprint density at radius 3 is 2.71 bits per heavy atom. The molecule has 0 unspecified atom stereocenters. The van der Waals surface area contributed by atoms with Gasteiger partial charge in [0.2, 0.25) is 5.13 Å². The summed E-state index contributed by atoms with van der Waals surface area (Å²) in [6, 6.07) is 11.0. The number of rotatable bonds is 5. The molecule has 162 valence electrons. The van der Waals surface area contributed by atoms with Crippen LogP contribution < -0.4 is 9.62 Å². The fraction of sp³-hybridized carbons (Fsp3) is 0.211. The second kappa shape index (κ2) is 8.48. The third-order valence-electron chi connectivity index (χ3n) is 4.69. The molecule has 0 atom stereocenters. The van der Waals surface area contributed by atoms with Gasteiger partial charge in [-0.05, 0) is 42.7 Å². The summed E-state index contributed by atoms with van der Waals surface area (Å²) in [5.41, 5.74) is 1.40. The molecule has 31 heavy (non-hydrogen) atoms. The van der Waals surface area contributed by atoms with Gasteiger partial charge >= 0.3 is 0 Å². The van der Waals surface area contributed by atoms with Crippen molar-refractivity contribution in [3.05, 3.63) is 63.6 Å². The van der Waals surface area contributed by atoms with Crippen LogP contribution in [0.3, 0.4) is 0 Å². The monoisotopic (exact) mass is 484 g/mol. The summed E-state index contributed by atoms with van der Waals surface area (Å²) in [5, 5.41) is 8.43. The Hall–Kier alpha value is -2.63. The minimum absolute atomic E-state index is 0.00842. The van der Waals surface area contributed by atoms with Crippen LogP contribution in [0.25, 0.3) is 0 Å². The van der Waals surface area contributed by atoms with E-state index >= 15 is 0 Å². The van der Waals surface area contributed by atoms with E-state index in [1.165, 1.54) is 22.5 Å². The molecule has 0 saturated carbocycles. The van der Waals surface area contributed by atoms with E-state index in [-0.39, 0.29) is 20.6 Å². The molecule has 4 rings (SSSR count). The zero-order valence-electron chi connectivity index (χ0n) is 15.8. The molecule has 1 aliphatic heterocycles. The fourth-order valence-electron chi connectivity index (χ4n) is 3.25. The molecule has 2 aromatic carbocycles. The van der Waals surface area contributed by atoms with Gasteiger partial charge in [-0.25, -0.2) is 17.2 Å². The third-order valence-corrected chi connectivity index (χ3v) is 7.67. The van der Waals surface area contributed by atoms with Gasteiger partial charge in [-0.2, -0.15) is 0 Å². The number of aromatic nitrogens is 2. The van der Waals surface area contributed by atoms with Crippen LogP contribution in [0.1, 0.15) is 33.8 Å². The molecule has 0 aliphatic carbocycles. The number of nitrogens with one attached hydrogen (secondary N) is 1. The molecule has 1 amide bonds. The summed E-state index contributed by atoms with van der Waals surface area (Å²) in [4.78, 5) is 12.5. The highest BCUT2D eigenvalue weighted by Gasteiger charge is 2.30. The predicted octanol–water partition coefficient (Wildman–Crippen LogP) is 4.52. The number of para-hydroxylation sites is 1. The number of amides is 1. The number of nitrogens with zero attached hydrogens (tertiary/aromatic N) is 3. The van der Waals surface area contributed by atoms with Crippen LogP contribution in [0.2, 0.25) is 5.02 Å². The molecule has 0 spiro atoms. The first-order valence-corrected chi connectivity index (χ1v) is 11.7. The second-order valence-electron chi connectivity index (χ2n) is 6.65. The van der Waals surface area contributed by atoms with Crippen molar-refractivity contribution in [2.75, 3.05) is 16.2 Å². The highest BCUT2D eigenvalue weighted by molar-refractivity contribution is 7.92. The fourth-order valence-corrected chi connectivity index (χ4v) is 5.62. The zero-order chi connectivity index (χ0) is 22.2. The smallest absolute Gasteiger partial charge is 0.291 e. The summed E-state index contributed by atoms with van der Waals surface area (Å²) in [7, 11) is -3.96. The van der Waals surface area contributed by atoms with E-state index in [0.29, 0.717) is 30.0 Å². The predicted molar refractivity (Wildman–Crippen MR) is 114 cm³/mol. The van der Waals surface area contributed by atoms with Gasteiger partial charge in [-0.15, -0.1) is 10.2 Å². The number of fused-ring (bicyclic) bond motifs is 1. The summed E-state index contributed by atoms with van der Waals surface area (Å²) in [5.74, 6) is -0.780. The van der Waals surface area contributed by atoms with E-state index in [9.17, 15) is 22.0 Å². The van der Waals surface area contributed by atoms with Gasteiger partial charge in [0.1, 0.15) is 0 Å². The van der Waals surface area contributed by atoms with Crippen molar-refractivity contribution in [2.24, 2.45) is 0 Å². The molecule has 12 heteroatoms. The summed E-state index contributed by atoms with van der Waals surface area (Å²) < 4.78 is 53.3. The van der Waals surface area contributed by atoms with E-state index < -0.39 is 27.4 Å². The van der Waals surface area contributed by atoms with E-state index in [2.05, 4.69) is 15.5 Å². The van der Waals surface area contributed by atoms with Gasteiger partial charge in [0, 0.05) is 6.54 Å².